The lowest BCUT2D eigenvalue weighted by molar-refractivity contribution is 0.374. The molecule has 2 nitrogen and oxygen atoms in total. The lowest BCUT2D eigenvalue weighted by Gasteiger charge is -2.23. The van der Waals surface area contributed by atoms with Crippen LogP contribution in [-0.4, -0.2) is 18.2 Å². The summed E-state index contributed by atoms with van der Waals surface area (Å²) in [6.07, 6.45) is 7.43. The average molecular weight is 154 g/mol. The molecule has 1 heterocycles. The third-order valence-corrected chi connectivity index (χ3v) is 3.00. The predicted molar refractivity (Wildman–Crippen MR) is 46.4 cm³/mol. The molecule has 2 rings (SSSR count). The first-order chi connectivity index (χ1) is 5.40. The highest BCUT2D eigenvalue weighted by molar-refractivity contribution is 4.94. The van der Waals surface area contributed by atoms with E-state index in [1.807, 2.05) is 0 Å². The van der Waals surface area contributed by atoms with Crippen molar-refractivity contribution in [3.63, 3.8) is 0 Å². The first kappa shape index (κ1) is 7.56. The van der Waals surface area contributed by atoms with E-state index in [9.17, 15) is 0 Å². The maximum atomic E-state index is 3.63. The Bertz CT molecular complexity index is 122. The zero-order valence-electron chi connectivity index (χ0n) is 7.27. The summed E-state index contributed by atoms with van der Waals surface area (Å²) in [6.45, 7) is 2.24. The topological polar surface area (TPSA) is 24.1 Å². The fourth-order valence-corrected chi connectivity index (χ4v) is 2.33. The minimum atomic E-state index is 0.600. The Morgan fingerprint density at radius 1 is 1.09 bits per heavy atom. The Morgan fingerprint density at radius 2 is 1.64 bits per heavy atom. The van der Waals surface area contributed by atoms with E-state index in [1.165, 1.54) is 32.1 Å². The highest BCUT2D eigenvalue weighted by Gasteiger charge is 2.33. The van der Waals surface area contributed by atoms with Crippen LogP contribution < -0.4 is 10.6 Å². The normalized spacial score (nSPS) is 43.9. The highest BCUT2D eigenvalue weighted by atomic mass is 15.2. The molecule has 2 aliphatic rings. The number of fused-ring (bicyclic) bond motifs is 1. The van der Waals surface area contributed by atoms with Crippen LogP contribution in [0.2, 0.25) is 0 Å². The van der Waals surface area contributed by atoms with Gasteiger partial charge in [0.2, 0.25) is 0 Å². The maximum Gasteiger partial charge on any atom is 0.0574 e. The van der Waals surface area contributed by atoms with E-state index in [0.29, 0.717) is 6.17 Å². The van der Waals surface area contributed by atoms with Gasteiger partial charge >= 0.3 is 0 Å². The van der Waals surface area contributed by atoms with Crippen molar-refractivity contribution in [2.75, 3.05) is 0 Å². The fourth-order valence-electron chi connectivity index (χ4n) is 2.33. The zero-order chi connectivity index (χ0) is 7.68. The average Bonchev–Trinajstić information content (AvgIpc) is 2.46. The zero-order valence-corrected chi connectivity index (χ0v) is 7.27. The Balaban J connectivity index is 1.92. The fraction of sp³-hybridized carbons (Fsp3) is 1.00. The second kappa shape index (κ2) is 3.11. The summed E-state index contributed by atoms with van der Waals surface area (Å²) in [5.74, 6) is 0. The van der Waals surface area contributed by atoms with Gasteiger partial charge in [0.25, 0.3) is 0 Å². The van der Waals surface area contributed by atoms with Crippen molar-refractivity contribution < 1.29 is 0 Å². The van der Waals surface area contributed by atoms with Crippen LogP contribution >= 0.6 is 0 Å². The molecule has 2 heteroatoms. The van der Waals surface area contributed by atoms with Crippen LogP contribution in [0.4, 0.5) is 0 Å². The van der Waals surface area contributed by atoms with Crippen LogP contribution in [0.25, 0.3) is 0 Å². The molecule has 1 saturated carbocycles. The van der Waals surface area contributed by atoms with Crippen molar-refractivity contribution >= 4 is 0 Å². The molecule has 0 bridgehead atoms. The van der Waals surface area contributed by atoms with Gasteiger partial charge in [-0.25, -0.2) is 0 Å². The number of rotatable bonds is 1. The third kappa shape index (κ3) is 1.42. The summed E-state index contributed by atoms with van der Waals surface area (Å²) in [4.78, 5) is 0. The lowest BCUT2D eigenvalue weighted by atomic mass is 9.92. The van der Waals surface area contributed by atoms with E-state index >= 15 is 0 Å². The van der Waals surface area contributed by atoms with Gasteiger partial charge in [0.05, 0.1) is 6.17 Å². The summed E-state index contributed by atoms with van der Waals surface area (Å²) in [7, 11) is 0. The van der Waals surface area contributed by atoms with Crippen LogP contribution in [0.3, 0.4) is 0 Å². The summed E-state index contributed by atoms with van der Waals surface area (Å²) in [5.41, 5.74) is 0. The second-order valence-corrected chi connectivity index (χ2v) is 3.79. The van der Waals surface area contributed by atoms with Crippen LogP contribution in [0.1, 0.15) is 39.0 Å². The molecule has 1 aliphatic heterocycles. The molecule has 2 unspecified atom stereocenters. The molecule has 1 aliphatic carbocycles. The quantitative estimate of drug-likeness (QED) is 0.593. The van der Waals surface area contributed by atoms with Gasteiger partial charge in [-0.3, -0.25) is 10.6 Å². The largest absolute Gasteiger partial charge is 0.298 e. The van der Waals surface area contributed by atoms with Gasteiger partial charge in [-0.05, 0) is 19.3 Å². The molecule has 0 aromatic heterocycles. The molecule has 0 amide bonds. The van der Waals surface area contributed by atoms with E-state index in [1.54, 1.807) is 0 Å². The smallest absolute Gasteiger partial charge is 0.0574 e. The Hall–Kier alpha value is -0.0800. The molecule has 0 aromatic carbocycles. The van der Waals surface area contributed by atoms with Crippen LogP contribution in [0.5, 0.6) is 0 Å². The number of hydrogen-bond donors (Lipinski definition) is 2. The monoisotopic (exact) mass is 154 g/mol. The molecular weight excluding hydrogens is 136 g/mol. The molecule has 0 radical (unpaired) electrons. The summed E-state index contributed by atoms with van der Waals surface area (Å²) in [5, 5.41) is 7.26. The highest BCUT2D eigenvalue weighted by Crippen LogP contribution is 2.23. The van der Waals surface area contributed by atoms with Gasteiger partial charge in [-0.2, -0.15) is 0 Å². The molecule has 0 spiro atoms. The molecule has 1 saturated heterocycles. The minimum absolute atomic E-state index is 0.600. The molecule has 2 atom stereocenters. The number of nitrogens with one attached hydrogen (secondary N) is 2. The molecule has 2 N–H and O–H groups in total. The summed E-state index contributed by atoms with van der Waals surface area (Å²) in [6, 6.07) is 1.57. The van der Waals surface area contributed by atoms with E-state index in [0.717, 1.165) is 12.1 Å². The van der Waals surface area contributed by atoms with Crippen molar-refractivity contribution in [1.29, 1.82) is 0 Å². The van der Waals surface area contributed by atoms with Crippen molar-refractivity contribution in [2.45, 2.75) is 57.3 Å². The van der Waals surface area contributed by atoms with Crippen molar-refractivity contribution in [2.24, 2.45) is 0 Å². The van der Waals surface area contributed by atoms with Gasteiger partial charge < -0.3 is 0 Å². The van der Waals surface area contributed by atoms with E-state index < -0.39 is 0 Å². The van der Waals surface area contributed by atoms with Crippen molar-refractivity contribution in [3.05, 3.63) is 0 Å². The van der Waals surface area contributed by atoms with E-state index in [2.05, 4.69) is 17.6 Å². The standard InChI is InChI=1S/C9H18N2/c1-2-9-10-7-5-3-4-6-8(7)11-9/h7-11H,2-6H2,1H3. The Morgan fingerprint density at radius 3 is 2.09 bits per heavy atom. The van der Waals surface area contributed by atoms with E-state index in [4.69, 9.17) is 0 Å². The minimum Gasteiger partial charge on any atom is -0.298 e. The SMILES string of the molecule is CCC1NC2CCCCC2N1. The third-order valence-electron chi connectivity index (χ3n) is 3.00. The second-order valence-electron chi connectivity index (χ2n) is 3.79. The Kier molecular flexibility index (Phi) is 2.14. The van der Waals surface area contributed by atoms with Crippen LogP contribution in [0, 0.1) is 0 Å². The van der Waals surface area contributed by atoms with E-state index in [-0.39, 0.29) is 0 Å². The molecular formula is C9H18N2. The van der Waals surface area contributed by atoms with Crippen molar-refractivity contribution in [3.8, 4) is 0 Å². The van der Waals surface area contributed by atoms with Gasteiger partial charge in [-0.15, -0.1) is 0 Å². The van der Waals surface area contributed by atoms with Gasteiger partial charge in [0, 0.05) is 12.1 Å². The first-order valence-corrected chi connectivity index (χ1v) is 4.92. The molecule has 11 heavy (non-hydrogen) atoms. The molecule has 0 aromatic rings. The van der Waals surface area contributed by atoms with Crippen molar-refractivity contribution in [1.82, 2.24) is 10.6 Å². The van der Waals surface area contributed by atoms with Gasteiger partial charge in [-0.1, -0.05) is 19.8 Å². The Labute approximate surface area is 68.7 Å². The first-order valence-electron chi connectivity index (χ1n) is 4.92. The van der Waals surface area contributed by atoms with Gasteiger partial charge in [0.15, 0.2) is 0 Å². The molecule has 64 valence electrons. The molecule has 2 fully saturated rings. The predicted octanol–water partition coefficient (Wildman–Crippen LogP) is 1.23. The van der Waals surface area contributed by atoms with Crippen LogP contribution in [-0.2, 0) is 0 Å². The van der Waals surface area contributed by atoms with Gasteiger partial charge in [0.1, 0.15) is 0 Å². The lowest BCUT2D eigenvalue weighted by Crippen LogP contribution is -2.36. The summed E-state index contributed by atoms with van der Waals surface area (Å²) < 4.78 is 0. The maximum absolute atomic E-state index is 3.63. The number of hydrogen-bond acceptors (Lipinski definition) is 2. The summed E-state index contributed by atoms with van der Waals surface area (Å²) >= 11 is 0. The van der Waals surface area contributed by atoms with Crippen LogP contribution in [0.15, 0.2) is 0 Å².